The van der Waals surface area contributed by atoms with Gasteiger partial charge in [-0.2, -0.15) is 0 Å². The molecule has 0 radical (unpaired) electrons. The predicted molar refractivity (Wildman–Crippen MR) is 89.7 cm³/mol. The van der Waals surface area contributed by atoms with E-state index in [0.717, 1.165) is 16.0 Å². The van der Waals surface area contributed by atoms with Gasteiger partial charge in [-0.1, -0.05) is 6.07 Å². The van der Waals surface area contributed by atoms with Crippen molar-refractivity contribution >= 4 is 27.5 Å². The summed E-state index contributed by atoms with van der Waals surface area (Å²) in [7, 11) is -1.94. The molecule has 0 spiro atoms. The van der Waals surface area contributed by atoms with E-state index in [9.17, 15) is 8.42 Å². The molecule has 21 heavy (non-hydrogen) atoms. The average Bonchev–Trinajstić information content (AvgIpc) is 2.49. The molecule has 0 atom stereocenters. The molecule has 0 N–H and O–H groups in total. The van der Waals surface area contributed by atoms with Crippen molar-refractivity contribution in [2.24, 2.45) is 0 Å². The fourth-order valence-corrected chi connectivity index (χ4v) is 3.56. The van der Waals surface area contributed by atoms with Crippen molar-refractivity contribution < 1.29 is 8.42 Å². The first-order valence-electron chi connectivity index (χ1n) is 6.56. The van der Waals surface area contributed by atoms with E-state index in [0.29, 0.717) is 10.6 Å². The van der Waals surface area contributed by atoms with Crippen LogP contribution in [0.3, 0.4) is 0 Å². The molecule has 0 unspecified atom stereocenters. The summed E-state index contributed by atoms with van der Waals surface area (Å²) in [6, 6.07) is 12.6. The smallest absolute Gasteiger partial charge is 0.264 e. The Hall–Kier alpha value is -1.46. The summed E-state index contributed by atoms with van der Waals surface area (Å²) in [4.78, 5) is 1.35. The fourth-order valence-electron chi connectivity index (χ4n) is 1.97. The van der Waals surface area contributed by atoms with Crippen LogP contribution < -0.4 is 4.31 Å². The lowest BCUT2D eigenvalue weighted by Gasteiger charge is -2.20. The molecule has 2 aromatic carbocycles. The zero-order valence-electron chi connectivity index (χ0n) is 12.6. The van der Waals surface area contributed by atoms with E-state index in [-0.39, 0.29) is 0 Å². The van der Waals surface area contributed by atoms with Crippen LogP contribution in [0.2, 0.25) is 0 Å². The van der Waals surface area contributed by atoms with Crippen molar-refractivity contribution in [2.45, 2.75) is 23.6 Å². The summed E-state index contributed by atoms with van der Waals surface area (Å²) >= 11 is 1.59. The van der Waals surface area contributed by atoms with E-state index in [1.54, 1.807) is 30.9 Å². The number of hydrogen-bond donors (Lipinski definition) is 0. The minimum atomic E-state index is -3.52. The van der Waals surface area contributed by atoms with Gasteiger partial charge in [0.25, 0.3) is 10.0 Å². The van der Waals surface area contributed by atoms with Crippen LogP contribution in [0.1, 0.15) is 11.1 Å². The number of benzene rings is 2. The summed E-state index contributed by atoms with van der Waals surface area (Å²) in [5, 5.41) is 0. The van der Waals surface area contributed by atoms with Gasteiger partial charge < -0.3 is 0 Å². The summed E-state index contributed by atoms with van der Waals surface area (Å²) in [5.74, 6) is 0. The maximum atomic E-state index is 12.6. The van der Waals surface area contributed by atoms with E-state index in [1.165, 1.54) is 4.31 Å². The van der Waals surface area contributed by atoms with Crippen molar-refractivity contribution in [3.8, 4) is 0 Å². The summed E-state index contributed by atoms with van der Waals surface area (Å²) < 4.78 is 26.6. The highest BCUT2D eigenvalue weighted by atomic mass is 32.2. The number of aryl methyl sites for hydroxylation is 2. The fraction of sp³-hybridized carbons (Fsp3) is 0.250. The minimum absolute atomic E-state index is 0.307. The van der Waals surface area contributed by atoms with E-state index in [1.807, 2.05) is 50.4 Å². The molecular formula is C16H19NO2S2. The van der Waals surface area contributed by atoms with Crippen molar-refractivity contribution in [1.82, 2.24) is 0 Å². The monoisotopic (exact) mass is 321 g/mol. The number of thioether (sulfide) groups is 1. The van der Waals surface area contributed by atoms with Gasteiger partial charge in [-0.25, -0.2) is 8.42 Å². The minimum Gasteiger partial charge on any atom is -0.269 e. The molecule has 0 aromatic heterocycles. The van der Waals surface area contributed by atoms with Gasteiger partial charge in [0.1, 0.15) is 0 Å². The molecule has 3 nitrogen and oxygen atoms in total. The Labute approximate surface area is 131 Å². The van der Waals surface area contributed by atoms with Gasteiger partial charge in [-0.15, -0.1) is 11.8 Å². The second-order valence-corrected chi connectivity index (χ2v) is 7.77. The molecular weight excluding hydrogens is 302 g/mol. The Morgan fingerprint density at radius 1 is 0.952 bits per heavy atom. The Kier molecular flexibility index (Phi) is 4.64. The molecule has 0 amide bonds. The topological polar surface area (TPSA) is 37.4 Å². The Bertz CT molecular complexity index is 737. The molecule has 0 heterocycles. The summed E-state index contributed by atoms with van der Waals surface area (Å²) in [5.41, 5.74) is 2.90. The first-order valence-corrected chi connectivity index (χ1v) is 9.23. The third-order valence-electron chi connectivity index (χ3n) is 3.57. The Morgan fingerprint density at radius 2 is 1.57 bits per heavy atom. The maximum absolute atomic E-state index is 12.6. The quantitative estimate of drug-likeness (QED) is 0.803. The van der Waals surface area contributed by atoms with E-state index < -0.39 is 10.0 Å². The number of rotatable bonds is 4. The molecule has 0 aliphatic rings. The van der Waals surface area contributed by atoms with Crippen molar-refractivity contribution in [1.29, 1.82) is 0 Å². The van der Waals surface area contributed by atoms with Crippen molar-refractivity contribution in [3.05, 3.63) is 53.6 Å². The van der Waals surface area contributed by atoms with Crippen LogP contribution in [-0.4, -0.2) is 21.7 Å². The van der Waals surface area contributed by atoms with E-state index >= 15 is 0 Å². The van der Waals surface area contributed by atoms with Gasteiger partial charge in [0.2, 0.25) is 0 Å². The zero-order valence-corrected chi connectivity index (χ0v) is 14.3. The average molecular weight is 321 g/mol. The summed E-state index contributed by atoms with van der Waals surface area (Å²) in [6.45, 7) is 3.99. The highest BCUT2D eigenvalue weighted by Gasteiger charge is 2.21. The van der Waals surface area contributed by atoms with Crippen LogP contribution in [0, 0.1) is 13.8 Å². The highest BCUT2D eigenvalue weighted by Crippen LogP contribution is 2.25. The number of hydrogen-bond acceptors (Lipinski definition) is 3. The van der Waals surface area contributed by atoms with Crippen LogP contribution in [0.15, 0.2) is 52.3 Å². The third-order valence-corrected chi connectivity index (χ3v) is 6.12. The van der Waals surface area contributed by atoms with E-state index in [2.05, 4.69) is 0 Å². The molecule has 0 aliphatic carbocycles. The lowest BCUT2D eigenvalue weighted by Crippen LogP contribution is -2.26. The van der Waals surface area contributed by atoms with Crippen LogP contribution in [0.25, 0.3) is 0 Å². The van der Waals surface area contributed by atoms with Crippen LogP contribution in [0.5, 0.6) is 0 Å². The number of anilines is 1. The lowest BCUT2D eigenvalue weighted by molar-refractivity contribution is 0.594. The highest BCUT2D eigenvalue weighted by molar-refractivity contribution is 7.98. The second kappa shape index (κ2) is 6.12. The van der Waals surface area contributed by atoms with Gasteiger partial charge >= 0.3 is 0 Å². The van der Waals surface area contributed by atoms with Gasteiger partial charge in [0.05, 0.1) is 10.6 Å². The molecule has 0 fully saturated rings. The standard InChI is InChI=1S/C16H19NO2S2/c1-12-5-6-14(11-13(12)2)17(3)21(18,19)16-9-7-15(20-4)8-10-16/h5-11H,1-4H3. The molecule has 0 aliphatic heterocycles. The molecule has 2 aromatic rings. The third kappa shape index (κ3) is 3.24. The van der Waals surface area contributed by atoms with Crippen LogP contribution in [0.4, 0.5) is 5.69 Å². The summed E-state index contributed by atoms with van der Waals surface area (Å²) in [6.07, 6.45) is 1.96. The molecule has 0 bridgehead atoms. The first kappa shape index (κ1) is 15.9. The van der Waals surface area contributed by atoms with Crippen LogP contribution in [-0.2, 0) is 10.0 Å². The van der Waals surface area contributed by atoms with Crippen LogP contribution >= 0.6 is 11.8 Å². The molecule has 0 saturated heterocycles. The van der Waals surface area contributed by atoms with Gasteiger partial charge in [0, 0.05) is 11.9 Å². The molecule has 112 valence electrons. The molecule has 5 heteroatoms. The van der Waals surface area contributed by atoms with E-state index in [4.69, 9.17) is 0 Å². The number of sulfonamides is 1. The normalized spacial score (nSPS) is 11.4. The second-order valence-electron chi connectivity index (χ2n) is 4.92. The zero-order chi connectivity index (χ0) is 15.6. The lowest BCUT2D eigenvalue weighted by atomic mass is 10.1. The first-order chi connectivity index (χ1) is 9.86. The van der Waals surface area contributed by atoms with Crippen molar-refractivity contribution in [2.75, 3.05) is 17.6 Å². The van der Waals surface area contributed by atoms with Gasteiger partial charge in [-0.3, -0.25) is 4.31 Å². The molecule has 0 saturated carbocycles. The van der Waals surface area contributed by atoms with Crippen molar-refractivity contribution in [3.63, 3.8) is 0 Å². The Balaban J connectivity index is 2.39. The molecule has 2 rings (SSSR count). The largest absolute Gasteiger partial charge is 0.269 e. The van der Waals surface area contributed by atoms with Gasteiger partial charge in [-0.05, 0) is 67.6 Å². The number of nitrogens with zero attached hydrogens (tertiary/aromatic N) is 1. The maximum Gasteiger partial charge on any atom is 0.264 e. The SMILES string of the molecule is CSc1ccc(S(=O)(=O)N(C)c2ccc(C)c(C)c2)cc1. The van der Waals surface area contributed by atoms with Gasteiger partial charge in [0.15, 0.2) is 0 Å². The Morgan fingerprint density at radius 3 is 2.10 bits per heavy atom. The predicted octanol–water partition coefficient (Wildman–Crippen LogP) is 3.85.